The van der Waals surface area contributed by atoms with E-state index in [2.05, 4.69) is 4.74 Å². The lowest BCUT2D eigenvalue weighted by Gasteiger charge is -1.96. The second kappa shape index (κ2) is 4.09. The Balaban J connectivity index is 3.51. The summed E-state index contributed by atoms with van der Waals surface area (Å²) in [7, 11) is 0. The molecule has 51 valence electrons. The van der Waals surface area contributed by atoms with Crippen molar-refractivity contribution in [2.24, 2.45) is 0 Å². The molecular weight excluding hydrogens is 120 g/mol. The van der Waals surface area contributed by atoms with Gasteiger partial charge in [-0.05, 0) is 13.8 Å². The van der Waals surface area contributed by atoms with Gasteiger partial charge in [-0.15, -0.1) is 0 Å². The summed E-state index contributed by atoms with van der Waals surface area (Å²) in [5.74, 6) is -0.742. The standard InChI is InChI=1S/C6H9O3/c1-3-4-9-6(8)5(2)7/h3-5H,1-2H3/b4-3-. The van der Waals surface area contributed by atoms with Crippen LogP contribution in [0.2, 0.25) is 0 Å². The zero-order valence-corrected chi connectivity index (χ0v) is 5.46. The van der Waals surface area contributed by atoms with E-state index < -0.39 is 12.1 Å². The van der Waals surface area contributed by atoms with Gasteiger partial charge in [0.25, 0.3) is 0 Å². The van der Waals surface area contributed by atoms with E-state index >= 15 is 0 Å². The second-order valence-corrected chi connectivity index (χ2v) is 1.55. The van der Waals surface area contributed by atoms with Crippen molar-refractivity contribution in [3.63, 3.8) is 0 Å². The molecule has 1 unspecified atom stereocenters. The third-order valence-electron chi connectivity index (χ3n) is 0.652. The second-order valence-electron chi connectivity index (χ2n) is 1.55. The topological polar surface area (TPSA) is 46.2 Å². The summed E-state index contributed by atoms with van der Waals surface area (Å²) in [6.45, 7) is 2.94. The molecule has 9 heavy (non-hydrogen) atoms. The Kier molecular flexibility index (Phi) is 3.71. The Hall–Kier alpha value is -0.830. The van der Waals surface area contributed by atoms with E-state index in [9.17, 15) is 9.90 Å². The first kappa shape index (κ1) is 8.17. The largest absolute Gasteiger partial charge is 0.433 e. The van der Waals surface area contributed by atoms with Crippen molar-refractivity contribution in [1.29, 1.82) is 0 Å². The smallest absolute Gasteiger partial charge is 0.343 e. The van der Waals surface area contributed by atoms with Crippen molar-refractivity contribution in [3.05, 3.63) is 12.3 Å². The Morgan fingerprint density at radius 1 is 1.67 bits per heavy atom. The van der Waals surface area contributed by atoms with Crippen molar-refractivity contribution in [2.45, 2.75) is 20.0 Å². The molecule has 0 aliphatic rings. The van der Waals surface area contributed by atoms with E-state index in [0.717, 1.165) is 0 Å². The molecule has 0 heterocycles. The summed E-state index contributed by atoms with van der Waals surface area (Å²) in [6.07, 6.45) is 1.44. The van der Waals surface area contributed by atoms with Crippen LogP contribution in [-0.4, -0.2) is 12.1 Å². The lowest BCUT2D eigenvalue weighted by atomic mass is 10.4. The molecule has 3 nitrogen and oxygen atoms in total. The molecule has 0 saturated carbocycles. The molecule has 0 rings (SSSR count). The fourth-order valence-corrected chi connectivity index (χ4v) is 0.231. The highest BCUT2D eigenvalue weighted by Gasteiger charge is 2.09. The van der Waals surface area contributed by atoms with Gasteiger partial charge in [-0.1, -0.05) is 6.08 Å². The molecule has 1 radical (unpaired) electrons. The predicted molar refractivity (Wildman–Crippen MR) is 31.1 cm³/mol. The zero-order valence-electron chi connectivity index (χ0n) is 5.46. The van der Waals surface area contributed by atoms with Crippen molar-refractivity contribution < 1.29 is 14.6 Å². The maximum absolute atomic E-state index is 10.3. The third kappa shape index (κ3) is 3.73. The van der Waals surface area contributed by atoms with E-state index in [0.29, 0.717) is 0 Å². The van der Waals surface area contributed by atoms with E-state index in [1.54, 1.807) is 13.0 Å². The molecule has 0 aliphatic carbocycles. The van der Waals surface area contributed by atoms with Crippen LogP contribution in [0, 0.1) is 0 Å². The molecule has 1 atom stereocenters. The number of carbonyl (C=O) groups excluding carboxylic acids is 1. The normalized spacial score (nSPS) is 13.7. The minimum Gasteiger partial charge on any atom is -0.433 e. The van der Waals surface area contributed by atoms with Crippen LogP contribution in [0.3, 0.4) is 0 Å². The lowest BCUT2D eigenvalue weighted by Crippen LogP contribution is -2.15. The molecule has 0 aliphatic heterocycles. The molecule has 0 aromatic carbocycles. The molecule has 0 spiro atoms. The average Bonchev–Trinajstić information content (AvgIpc) is 1.82. The number of esters is 1. The number of rotatable bonds is 2. The van der Waals surface area contributed by atoms with E-state index in [4.69, 9.17) is 0 Å². The van der Waals surface area contributed by atoms with Gasteiger partial charge < -0.3 is 4.74 Å². The van der Waals surface area contributed by atoms with Crippen LogP contribution < -0.4 is 0 Å². The molecule has 0 aromatic heterocycles. The quantitative estimate of drug-likeness (QED) is 0.410. The van der Waals surface area contributed by atoms with Crippen LogP contribution in [-0.2, 0) is 14.6 Å². The lowest BCUT2D eigenvalue weighted by molar-refractivity contribution is -0.149. The van der Waals surface area contributed by atoms with Crippen molar-refractivity contribution in [2.75, 3.05) is 0 Å². The third-order valence-corrected chi connectivity index (χ3v) is 0.652. The minimum atomic E-state index is -1.29. The molecular formula is C6H9O3. The van der Waals surface area contributed by atoms with E-state index in [1.807, 2.05) is 0 Å². The van der Waals surface area contributed by atoms with Crippen molar-refractivity contribution in [3.8, 4) is 0 Å². The van der Waals surface area contributed by atoms with Gasteiger partial charge in [0.15, 0.2) is 6.10 Å². The molecule has 0 amide bonds. The van der Waals surface area contributed by atoms with Crippen LogP contribution >= 0.6 is 0 Å². The first-order valence-corrected chi connectivity index (χ1v) is 2.66. The average molecular weight is 129 g/mol. The Labute approximate surface area is 53.9 Å². The van der Waals surface area contributed by atoms with Gasteiger partial charge in [-0.2, -0.15) is 0 Å². The fraction of sp³-hybridized carbons (Fsp3) is 0.500. The number of hydrogen-bond acceptors (Lipinski definition) is 2. The predicted octanol–water partition coefficient (Wildman–Crippen LogP) is 0.882. The SMILES string of the molecule is C/C=C\OC(=O)C(C)[O]. The summed E-state index contributed by atoms with van der Waals surface area (Å²) in [4.78, 5) is 10.3. The molecule has 0 saturated heterocycles. The first-order valence-electron chi connectivity index (χ1n) is 2.66. The van der Waals surface area contributed by atoms with Crippen molar-refractivity contribution in [1.82, 2.24) is 0 Å². The van der Waals surface area contributed by atoms with E-state index in [-0.39, 0.29) is 0 Å². The minimum absolute atomic E-state index is 0.742. The van der Waals surface area contributed by atoms with Gasteiger partial charge in [-0.3, -0.25) is 0 Å². The summed E-state index contributed by atoms with van der Waals surface area (Å²) in [6, 6.07) is 0. The Bertz CT molecular complexity index is 115. The summed E-state index contributed by atoms with van der Waals surface area (Å²) < 4.78 is 4.32. The Morgan fingerprint density at radius 2 is 2.22 bits per heavy atom. The van der Waals surface area contributed by atoms with Crippen LogP contribution in [0.15, 0.2) is 12.3 Å². The zero-order chi connectivity index (χ0) is 7.28. The summed E-state index contributed by atoms with van der Waals surface area (Å²) >= 11 is 0. The fourth-order valence-electron chi connectivity index (χ4n) is 0.231. The van der Waals surface area contributed by atoms with Gasteiger partial charge in [0, 0.05) is 0 Å². The van der Waals surface area contributed by atoms with Crippen LogP contribution in [0.25, 0.3) is 0 Å². The number of allylic oxidation sites excluding steroid dienone is 1. The monoisotopic (exact) mass is 129 g/mol. The Morgan fingerprint density at radius 3 is 2.56 bits per heavy atom. The maximum atomic E-state index is 10.3. The van der Waals surface area contributed by atoms with Crippen molar-refractivity contribution >= 4 is 5.97 Å². The summed E-state index contributed by atoms with van der Waals surface area (Å²) in [5, 5.41) is 10.2. The van der Waals surface area contributed by atoms with E-state index in [1.165, 1.54) is 13.2 Å². The summed E-state index contributed by atoms with van der Waals surface area (Å²) in [5.41, 5.74) is 0. The van der Waals surface area contributed by atoms with Gasteiger partial charge in [0.2, 0.25) is 0 Å². The van der Waals surface area contributed by atoms with Gasteiger partial charge in [0.05, 0.1) is 6.26 Å². The van der Waals surface area contributed by atoms with Gasteiger partial charge in [0.1, 0.15) is 0 Å². The number of ether oxygens (including phenoxy) is 1. The van der Waals surface area contributed by atoms with Crippen LogP contribution in [0.5, 0.6) is 0 Å². The number of carbonyl (C=O) groups is 1. The molecule has 0 N–H and O–H groups in total. The first-order chi connectivity index (χ1) is 4.18. The van der Waals surface area contributed by atoms with Crippen LogP contribution in [0.4, 0.5) is 0 Å². The highest BCUT2D eigenvalue weighted by molar-refractivity contribution is 5.74. The van der Waals surface area contributed by atoms with Crippen LogP contribution in [0.1, 0.15) is 13.8 Å². The molecule has 3 heteroatoms. The molecule has 0 aromatic rings. The molecule has 0 bridgehead atoms. The maximum Gasteiger partial charge on any atom is 0.343 e. The number of hydrogen-bond donors (Lipinski definition) is 0. The highest BCUT2D eigenvalue weighted by atomic mass is 16.5. The highest BCUT2D eigenvalue weighted by Crippen LogP contribution is 1.87. The van der Waals surface area contributed by atoms with Gasteiger partial charge in [-0.25, -0.2) is 9.90 Å². The molecule has 0 fully saturated rings. The van der Waals surface area contributed by atoms with Gasteiger partial charge >= 0.3 is 5.97 Å².